The molecule has 24 heavy (non-hydrogen) atoms. The lowest BCUT2D eigenvalue weighted by atomic mass is 10.0. The second kappa shape index (κ2) is 8.05. The van der Waals surface area contributed by atoms with Gasteiger partial charge in [-0.2, -0.15) is 0 Å². The third kappa shape index (κ3) is 4.53. The number of hydrogen-bond donors (Lipinski definition) is 2. The lowest BCUT2D eigenvalue weighted by Crippen LogP contribution is -2.35. The van der Waals surface area contributed by atoms with Gasteiger partial charge in [0.1, 0.15) is 5.01 Å². The maximum Gasteiger partial charge on any atom is 0.205 e. The van der Waals surface area contributed by atoms with Crippen LogP contribution in [0.5, 0.6) is 0 Å². The summed E-state index contributed by atoms with van der Waals surface area (Å²) in [5.74, 6) is 0.416. The van der Waals surface area contributed by atoms with Gasteiger partial charge in [0.25, 0.3) is 0 Å². The Labute approximate surface area is 147 Å². The summed E-state index contributed by atoms with van der Waals surface area (Å²) in [6.07, 6.45) is 1.64. The molecule has 1 saturated heterocycles. The minimum atomic E-state index is -0.120. The predicted octanol–water partition coefficient (Wildman–Crippen LogP) is 3.23. The van der Waals surface area contributed by atoms with Crippen LogP contribution < -0.4 is 5.32 Å². The number of aliphatic hydroxyl groups is 1. The smallest absolute Gasteiger partial charge is 0.205 e. The Morgan fingerprint density at radius 3 is 2.58 bits per heavy atom. The molecule has 1 aromatic carbocycles. The maximum atomic E-state index is 9.65. The van der Waals surface area contributed by atoms with Gasteiger partial charge in [-0.3, -0.25) is 4.90 Å². The van der Waals surface area contributed by atoms with Crippen LogP contribution in [0.2, 0.25) is 0 Å². The van der Waals surface area contributed by atoms with Gasteiger partial charge in [-0.25, -0.2) is 0 Å². The number of anilines is 1. The third-order valence-electron chi connectivity index (χ3n) is 4.43. The molecular formula is C18H26N4OS. The SMILES string of the molecule is CC(C)c1nnc(NCc2ccccc2CN2CCC(O)CC2)s1. The molecule has 6 heteroatoms. The minimum Gasteiger partial charge on any atom is -0.393 e. The second-order valence-corrected chi connectivity index (χ2v) is 7.74. The third-order valence-corrected chi connectivity index (χ3v) is 5.62. The molecule has 2 aromatic rings. The molecule has 130 valence electrons. The van der Waals surface area contributed by atoms with Gasteiger partial charge in [0.2, 0.25) is 5.13 Å². The predicted molar refractivity (Wildman–Crippen MR) is 98.3 cm³/mol. The maximum absolute atomic E-state index is 9.65. The Bertz CT molecular complexity index is 650. The Hall–Kier alpha value is -1.50. The molecule has 0 saturated carbocycles. The van der Waals surface area contributed by atoms with Crippen LogP contribution in [0.15, 0.2) is 24.3 Å². The van der Waals surface area contributed by atoms with Gasteiger partial charge in [-0.1, -0.05) is 49.4 Å². The van der Waals surface area contributed by atoms with Crippen molar-refractivity contribution in [3.63, 3.8) is 0 Å². The van der Waals surface area contributed by atoms with E-state index in [9.17, 15) is 5.11 Å². The second-order valence-electron chi connectivity index (χ2n) is 6.73. The van der Waals surface area contributed by atoms with E-state index in [-0.39, 0.29) is 6.10 Å². The normalized spacial score (nSPS) is 16.7. The summed E-state index contributed by atoms with van der Waals surface area (Å²) in [5.41, 5.74) is 2.64. The van der Waals surface area contributed by atoms with Crippen molar-refractivity contribution in [3.05, 3.63) is 40.4 Å². The van der Waals surface area contributed by atoms with E-state index in [1.165, 1.54) is 11.1 Å². The van der Waals surface area contributed by atoms with Crippen LogP contribution in [0.3, 0.4) is 0 Å². The van der Waals surface area contributed by atoms with Crippen LogP contribution in [-0.2, 0) is 13.1 Å². The topological polar surface area (TPSA) is 61.3 Å². The van der Waals surface area contributed by atoms with E-state index in [0.717, 1.165) is 49.2 Å². The Balaban J connectivity index is 1.61. The lowest BCUT2D eigenvalue weighted by molar-refractivity contribution is 0.0791. The number of aliphatic hydroxyl groups excluding tert-OH is 1. The first-order valence-corrected chi connectivity index (χ1v) is 9.48. The van der Waals surface area contributed by atoms with E-state index in [0.29, 0.717) is 5.92 Å². The number of rotatable bonds is 6. The molecule has 1 aliphatic rings. The largest absolute Gasteiger partial charge is 0.393 e. The molecule has 1 fully saturated rings. The van der Waals surface area contributed by atoms with E-state index >= 15 is 0 Å². The molecule has 0 spiro atoms. The van der Waals surface area contributed by atoms with Crippen molar-refractivity contribution in [2.24, 2.45) is 0 Å². The van der Waals surface area contributed by atoms with Crippen LogP contribution in [-0.4, -0.2) is 39.4 Å². The van der Waals surface area contributed by atoms with Gasteiger partial charge >= 0.3 is 0 Å². The summed E-state index contributed by atoms with van der Waals surface area (Å²) in [7, 11) is 0. The van der Waals surface area contributed by atoms with Crippen molar-refractivity contribution >= 4 is 16.5 Å². The van der Waals surface area contributed by atoms with Crippen LogP contribution >= 0.6 is 11.3 Å². The quantitative estimate of drug-likeness (QED) is 0.841. The standard InChI is InChI=1S/C18H26N4OS/c1-13(2)17-20-21-18(24-17)19-11-14-5-3-4-6-15(14)12-22-9-7-16(23)8-10-22/h3-6,13,16,23H,7-12H2,1-2H3,(H,19,21). The molecule has 0 bridgehead atoms. The van der Waals surface area contributed by atoms with E-state index in [1.807, 2.05) is 0 Å². The molecular weight excluding hydrogens is 320 g/mol. The van der Waals surface area contributed by atoms with Crippen LogP contribution in [0, 0.1) is 0 Å². The Morgan fingerprint density at radius 1 is 1.21 bits per heavy atom. The van der Waals surface area contributed by atoms with Gasteiger partial charge in [0.15, 0.2) is 0 Å². The Kier molecular flexibility index (Phi) is 5.81. The first-order chi connectivity index (χ1) is 11.6. The molecule has 0 unspecified atom stereocenters. The first kappa shape index (κ1) is 17.3. The average Bonchev–Trinajstić information content (AvgIpc) is 3.05. The van der Waals surface area contributed by atoms with Crippen molar-refractivity contribution in [2.45, 2.75) is 51.8 Å². The fourth-order valence-corrected chi connectivity index (χ4v) is 3.65. The van der Waals surface area contributed by atoms with Gasteiger partial charge in [0, 0.05) is 32.1 Å². The van der Waals surface area contributed by atoms with Crippen molar-refractivity contribution in [3.8, 4) is 0 Å². The fraction of sp³-hybridized carbons (Fsp3) is 0.556. The number of benzene rings is 1. The van der Waals surface area contributed by atoms with E-state index < -0.39 is 0 Å². The van der Waals surface area contributed by atoms with E-state index in [4.69, 9.17) is 0 Å². The highest BCUT2D eigenvalue weighted by Gasteiger charge is 2.17. The average molecular weight is 347 g/mol. The molecule has 0 radical (unpaired) electrons. The molecule has 0 amide bonds. The first-order valence-electron chi connectivity index (χ1n) is 8.66. The summed E-state index contributed by atoms with van der Waals surface area (Å²) < 4.78 is 0. The van der Waals surface area contributed by atoms with Crippen molar-refractivity contribution in [2.75, 3.05) is 18.4 Å². The molecule has 1 aliphatic heterocycles. The number of likely N-dealkylation sites (tertiary alicyclic amines) is 1. The summed E-state index contributed by atoms with van der Waals surface area (Å²) in [5, 5.41) is 23.5. The van der Waals surface area contributed by atoms with Gasteiger partial charge in [-0.05, 0) is 24.0 Å². The zero-order valence-electron chi connectivity index (χ0n) is 14.4. The molecule has 5 nitrogen and oxygen atoms in total. The number of hydrogen-bond acceptors (Lipinski definition) is 6. The van der Waals surface area contributed by atoms with E-state index in [1.54, 1.807) is 11.3 Å². The van der Waals surface area contributed by atoms with Gasteiger partial charge in [0.05, 0.1) is 6.10 Å². The zero-order chi connectivity index (χ0) is 16.9. The number of aromatic nitrogens is 2. The summed E-state index contributed by atoms with van der Waals surface area (Å²) in [6.45, 7) is 7.91. The highest BCUT2D eigenvalue weighted by Crippen LogP contribution is 2.23. The lowest BCUT2D eigenvalue weighted by Gasteiger charge is -2.30. The number of nitrogens with one attached hydrogen (secondary N) is 1. The van der Waals surface area contributed by atoms with Crippen molar-refractivity contribution in [1.29, 1.82) is 0 Å². The van der Waals surface area contributed by atoms with Crippen LogP contribution in [0.1, 0.15) is 48.7 Å². The Morgan fingerprint density at radius 2 is 1.92 bits per heavy atom. The fourth-order valence-electron chi connectivity index (χ4n) is 2.91. The van der Waals surface area contributed by atoms with Crippen LogP contribution in [0.25, 0.3) is 0 Å². The molecule has 0 aliphatic carbocycles. The van der Waals surface area contributed by atoms with Crippen molar-refractivity contribution in [1.82, 2.24) is 15.1 Å². The molecule has 2 N–H and O–H groups in total. The summed E-state index contributed by atoms with van der Waals surface area (Å²) >= 11 is 1.63. The zero-order valence-corrected chi connectivity index (χ0v) is 15.2. The number of piperidine rings is 1. The number of nitrogens with zero attached hydrogens (tertiary/aromatic N) is 3. The minimum absolute atomic E-state index is 0.120. The monoisotopic (exact) mass is 346 g/mol. The highest BCUT2D eigenvalue weighted by atomic mass is 32.1. The van der Waals surface area contributed by atoms with Gasteiger partial charge < -0.3 is 10.4 Å². The van der Waals surface area contributed by atoms with Crippen LogP contribution in [0.4, 0.5) is 5.13 Å². The summed E-state index contributed by atoms with van der Waals surface area (Å²) in [6, 6.07) is 8.55. The highest BCUT2D eigenvalue weighted by molar-refractivity contribution is 7.15. The molecule has 2 heterocycles. The van der Waals surface area contributed by atoms with Crippen molar-refractivity contribution < 1.29 is 5.11 Å². The molecule has 0 atom stereocenters. The molecule has 3 rings (SSSR count). The van der Waals surface area contributed by atoms with E-state index in [2.05, 4.69) is 58.5 Å². The molecule has 1 aromatic heterocycles. The summed E-state index contributed by atoms with van der Waals surface area (Å²) in [4.78, 5) is 2.42. The van der Waals surface area contributed by atoms with Gasteiger partial charge in [-0.15, -0.1) is 10.2 Å².